The maximum absolute atomic E-state index is 13.2. The number of hydrogen-bond acceptors (Lipinski definition) is 5. The summed E-state index contributed by atoms with van der Waals surface area (Å²) in [5, 5.41) is 14.2. The Labute approximate surface area is 149 Å². The fourth-order valence-electron chi connectivity index (χ4n) is 3.17. The summed E-state index contributed by atoms with van der Waals surface area (Å²) in [5.41, 5.74) is 1.67. The first-order chi connectivity index (χ1) is 12.7. The lowest BCUT2D eigenvalue weighted by Crippen LogP contribution is -2.29. The molecule has 2 aromatic heterocycles. The number of H-pyrrole nitrogens is 1. The average Bonchev–Trinajstić information content (AvgIpc) is 3.29. The van der Waals surface area contributed by atoms with Crippen molar-refractivity contribution in [3.8, 4) is 0 Å². The van der Waals surface area contributed by atoms with Gasteiger partial charge in [-0.15, -0.1) is 5.10 Å². The van der Waals surface area contributed by atoms with Crippen molar-refractivity contribution in [2.45, 2.75) is 25.3 Å². The summed E-state index contributed by atoms with van der Waals surface area (Å²) in [6.45, 7) is 2.31. The highest BCUT2D eigenvalue weighted by molar-refractivity contribution is 5.91. The summed E-state index contributed by atoms with van der Waals surface area (Å²) in [7, 11) is 0. The second-order valence-corrected chi connectivity index (χ2v) is 6.42. The van der Waals surface area contributed by atoms with Crippen LogP contribution in [-0.4, -0.2) is 50.5 Å². The monoisotopic (exact) mass is 357 g/mol. The van der Waals surface area contributed by atoms with E-state index in [1.807, 2.05) is 0 Å². The quantitative estimate of drug-likeness (QED) is 0.637. The Morgan fingerprint density at radius 1 is 1.35 bits per heavy atom. The van der Waals surface area contributed by atoms with E-state index in [2.05, 4.69) is 30.9 Å². The normalized spacial score (nSPS) is 15.4. The van der Waals surface area contributed by atoms with Gasteiger partial charge in [0, 0.05) is 13.0 Å². The van der Waals surface area contributed by atoms with Gasteiger partial charge in [-0.2, -0.15) is 0 Å². The van der Waals surface area contributed by atoms with Crippen LogP contribution in [0.25, 0.3) is 11.0 Å². The molecule has 0 bridgehead atoms. The molecule has 0 aliphatic carbocycles. The molecule has 3 aromatic rings. The molecule has 3 heterocycles. The minimum absolute atomic E-state index is 0.257. The molecule has 8 nitrogen and oxygen atoms in total. The Morgan fingerprint density at radius 2 is 2.19 bits per heavy atom. The summed E-state index contributed by atoms with van der Waals surface area (Å²) in [5.74, 6) is 0.134. The van der Waals surface area contributed by atoms with E-state index in [4.69, 9.17) is 0 Å². The van der Waals surface area contributed by atoms with E-state index >= 15 is 0 Å². The van der Waals surface area contributed by atoms with Crippen molar-refractivity contribution in [3.05, 3.63) is 41.7 Å². The van der Waals surface area contributed by atoms with Gasteiger partial charge in [-0.25, -0.2) is 14.1 Å². The number of hydrogen-bond donors (Lipinski definition) is 3. The zero-order valence-electron chi connectivity index (χ0n) is 14.2. The molecule has 136 valence electrons. The van der Waals surface area contributed by atoms with Crippen LogP contribution in [0.15, 0.2) is 24.4 Å². The van der Waals surface area contributed by atoms with E-state index in [-0.39, 0.29) is 11.7 Å². The van der Waals surface area contributed by atoms with Crippen molar-refractivity contribution in [2.75, 3.05) is 19.6 Å². The van der Waals surface area contributed by atoms with Gasteiger partial charge in [0.15, 0.2) is 5.69 Å². The summed E-state index contributed by atoms with van der Waals surface area (Å²) >= 11 is 0. The number of benzene rings is 1. The number of carbonyl (C=O) groups excluding carboxylic acids is 1. The second-order valence-electron chi connectivity index (χ2n) is 6.42. The smallest absolute Gasteiger partial charge is 0.273 e. The van der Waals surface area contributed by atoms with Crippen molar-refractivity contribution in [1.82, 2.24) is 35.6 Å². The number of fused-ring (bicyclic) bond motifs is 1. The van der Waals surface area contributed by atoms with Crippen LogP contribution in [0.4, 0.5) is 4.39 Å². The van der Waals surface area contributed by atoms with Crippen LogP contribution in [-0.2, 0) is 6.42 Å². The van der Waals surface area contributed by atoms with Crippen LogP contribution in [0.2, 0.25) is 0 Å². The third kappa shape index (κ3) is 3.57. The van der Waals surface area contributed by atoms with Gasteiger partial charge in [-0.1, -0.05) is 5.21 Å². The number of imidazole rings is 1. The van der Waals surface area contributed by atoms with E-state index in [1.165, 1.54) is 12.1 Å². The Kier molecular flexibility index (Phi) is 4.61. The molecule has 1 saturated heterocycles. The van der Waals surface area contributed by atoms with E-state index in [9.17, 15) is 9.18 Å². The van der Waals surface area contributed by atoms with Crippen molar-refractivity contribution in [2.24, 2.45) is 0 Å². The van der Waals surface area contributed by atoms with Gasteiger partial charge in [0.25, 0.3) is 5.91 Å². The standard InChI is InChI=1S/C17H20FN7O/c18-11-1-2-13-14(9-11)22-16(21-13)5-8-20-17(26)15-10-25(24-23-15)12-3-6-19-7-4-12/h1-2,9-10,12,19H,3-8H2,(H,20,26)(H,21,22). The number of aromatic nitrogens is 5. The van der Waals surface area contributed by atoms with Gasteiger partial charge in [0.05, 0.1) is 23.3 Å². The topological polar surface area (TPSA) is 101 Å². The third-order valence-electron chi connectivity index (χ3n) is 4.57. The third-order valence-corrected chi connectivity index (χ3v) is 4.57. The molecule has 1 amide bonds. The number of piperidine rings is 1. The lowest BCUT2D eigenvalue weighted by molar-refractivity contribution is 0.0949. The van der Waals surface area contributed by atoms with Crippen molar-refractivity contribution < 1.29 is 9.18 Å². The minimum Gasteiger partial charge on any atom is -0.350 e. The lowest BCUT2D eigenvalue weighted by Gasteiger charge is -2.22. The van der Waals surface area contributed by atoms with Gasteiger partial charge in [0.2, 0.25) is 0 Å². The first-order valence-corrected chi connectivity index (χ1v) is 8.74. The molecule has 1 aliphatic rings. The first-order valence-electron chi connectivity index (χ1n) is 8.74. The van der Waals surface area contributed by atoms with Crippen LogP contribution in [0.5, 0.6) is 0 Å². The molecular weight excluding hydrogens is 337 g/mol. The molecule has 1 aliphatic heterocycles. The number of rotatable bonds is 5. The average molecular weight is 357 g/mol. The Balaban J connectivity index is 1.32. The SMILES string of the molecule is O=C(NCCc1nc2ccc(F)cc2[nH]1)c1cn(C2CCNCC2)nn1. The van der Waals surface area contributed by atoms with Crippen LogP contribution >= 0.6 is 0 Å². The van der Waals surface area contributed by atoms with Gasteiger partial charge >= 0.3 is 0 Å². The van der Waals surface area contributed by atoms with Gasteiger partial charge < -0.3 is 15.6 Å². The van der Waals surface area contributed by atoms with Gasteiger partial charge in [0.1, 0.15) is 11.6 Å². The number of aromatic amines is 1. The molecule has 0 unspecified atom stereocenters. The molecular formula is C17H20FN7O. The summed E-state index contributed by atoms with van der Waals surface area (Å²) in [6.07, 6.45) is 4.19. The molecule has 9 heteroatoms. The van der Waals surface area contributed by atoms with Crippen LogP contribution < -0.4 is 10.6 Å². The summed E-state index contributed by atoms with van der Waals surface area (Å²) in [6, 6.07) is 4.70. The largest absolute Gasteiger partial charge is 0.350 e. The van der Waals surface area contributed by atoms with Crippen molar-refractivity contribution in [1.29, 1.82) is 0 Å². The van der Waals surface area contributed by atoms with E-state index in [1.54, 1.807) is 16.9 Å². The molecule has 3 N–H and O–H groups in total. The highest BCUT2D eigenvalue weighted by Gasteiger charge is 2.18. The fourth-order valence-corrected chi connectivity index (χ4v) is 3.17. The predicted octanol–water partition coefficient (Wildman–Crippen LogP) is 1.19. The summed E-state index contributed by atoms with van der Waals surface area (Å²) in [4.78, 5) is 19.7. The fraction of sp³-hybridized carbons (Fsp3) is 0.412. The van der Waals surface area contributed by atoms with Crippen molar-refractivity contribution >= 4 is 16.9 Å². The maximum Gasteiger partial charge on any atom is 0.273 e. The second kappa shape index (κ2) is 7.20. The molecule has 4 rings (SSSR count). The number of nitrogens with one attached hydrogen (secondary N) is 3. The highest BCUT2D eigenvalue weighted by atomic mass is 19.1. The Morgan fingerprint density at radius 3 is 3.04 bits per heavy atom. The van der Waals surface area contributed by atoms with E-state index in [0.29, 0.717) is 41.6 Å². The number of amides is 1. The van der Waals surface area contributed by atoms with E-state index < -0.39 is 0 Å². The molecule has 1 aromatic carbocycles. The highest BCUT2D eigenvalue weighted by Crippen LogP contribution is 2.17. The number of nitrogens with zero attached hydrogens (tertiary/aromatic N) is 4. The molecule has 0 radical (unpaired) electrons. The Bertz CT molecular complexity index is 913. The lowest BCUT2D eigenvalue weighted by atomic mass is 10.1. The van der Waals surface area contributed by atoms with Gasteiger partial charge in [-0.05, 0) is 44.1 Å². The molecule has 1 fully saturated rings. The molecule has 0 spiro atoms. The number of halogens is 1. The Hall–Kier alpha value is -2.81. The number of carbonyl (C=O) groups is 1. The van der Waals surface area contributed by atoms with Crippen LogP contribution in [0.1, 0.15) is 35.2 Å². The first kappa shape index (κ1) is 16.6. The minimum atomic E-state index is -0.308. The van der Waals surface area contributed by atoms with Crippen LogP contribution in [0.3, 0.4) is 0 Å². The zero-order chi connectivity index (χ0) is 17.9. The zero-order valence-corrected chi connectivity index (χ0v) is 14.2. The van der Waals surface area contributed by atoms with Crippen molar-refractivity contribution in [3.63, 3.8) is 0 Å². The summed E-state index contributed by atoms with van der Waals surface area (Å²) < 4.78 is 15.0. The molecule has 26 heavy (non-hydrogen) atoms. The van der Waals surface area contributed by atoms with E-state index in [0.717, 1.165) is 25.9 Å². The molecule has 0 atom stereocenters. The maximum atomic E-state index is 13.2. The van der Waals surface area contributed by atoms with Gasteiger partial charge in [-0.3, -0.25) is 4.79 Å². The predicted molar refractivity (Wildman–Crippen MR) is 93.3 cm³/mol. The molecule has 0 saturated carbocycles. The van der Waals surface area contributed by atoms with Crippen LogP contribution in [0, 0.1) is 5.82 Å².